The monoisotopic (exact) mass is 1760 g/mol. The van der Waals surface area contributed by atoms with Crippen molar-refractivity contribution >= 4 is 149 Å². The van der Waals surface area contributed by atoms with Crippen LogP contribution in [-0.4, -0.2) is 83.5 Å². The van der Waals surface area contributed by atoms with Crippen LogP contribution in [0.15, 0.2) is 261 Å². The third-order valence-electron chi connectivity index (χ3n) is 21.1. The molecule has 0 spiro atoms. The summed E-state index contributed by atoms with van der Waals surface area (Å²) in [4.78, 5) is 33.4. The Kier molecular flexibility index (Phi) is 20.3. The molecule has 8 aromatic carbocycles. The summed E-state index contributed by atoms with van der Waals surface area (Å²) in [6.45, 7) is 0. The summed E-state index contributed by atoms with van der Waals surface area (Å²) in [5.41, 5.74) is 5.42. The Morgan fingerprint density at radius 1 is 0.276 bits per heavy atom. The van der Waals surface area contributed by atoms with Gasteiger partial charge in [0.25, 0.3) is 0 Å². The van der Waals surface area contributed by atoms with Gasteiger partial charge in [-0.25, -0.2) is 24.7 Å². The SMILES string of the molecule is O=S(=O)(Oc1ccc(-c2c3nc(c(-c4ccccc4)c4ccc([nH]4)c(-c4ccccc4)c4nc(c(-c5ccccc5)c5ccc2[nH]5)C=C4)C=C3)cc1)C(F)(F)C(F)(F)OC(F)(F)C(F)(F)C(F)(F)C(F)(F)C1=Cc2nc1c(-c1ccc(Cl)cc1)c1ccc([nH]1)c(-c1ccc(Cl)cc1)c1nc(c(-c3ccc(Cl)cc3)c3ccc([nH]3)c2-c2ccc(Cl)cc2)C=C1. The molecule has 4 aliphatic heterocycles. The molecule has 0 saturated heterocycles. The fourth-order valence-corrected chi connectivity index (χ4v) is 16.6. The molecule has 18 rings (SSSR count). The highest BCUT2D eigenvalue weighted by Crippen LogP contribution is 2.61. The van der Waals surface area contributed by atoms with Crippen LogP contribution in [0.3, 0.4) is 0 Å². The number of allylic oxidation sites excluding steroid dienone is 1. The lowest BCUT2D eigenvalue weighted by Gasteiger charge is -2.38. The number of aromatic amines is 4. The number of nitrogens with zero attached hydrogens (tertiary/aromatic N) is 4. The van der Waals surface area contributed by atoms with Crippen LogP contribution < -0.4 is 4.18 Å². The molecule has 6 aromatic heterocycles. The molecule has 123 heavy (non-hydrogen) atoms. The predicted octanol–water partition coefficient (Wildman–Crippen LogP) is 28.1. The van der Waals surface area contributed by atoms with Crippen molar-refractivity contribution in [1.29, 1.82) is 0 Å². The number of hydrogen-bond acceptors (Lipinski definition) is 8. The molecule has 4 aliphatic rings. The van der Waals surface area contributed by atoms with Gasteiger partial charge in [-0.05, 0) is 196 Å². The van der Waals surface area contributed by atoms with Gasteiger partial charge in [0.1, 0.15) is 5.75 Å². The maximum Gasteiger partial charge on any atom is 0.471 e. The molecular weight excluding hydrogens is 1710 g/mol. The maximum atomic E-state index is 18.2. The zero-order valence-corrected chi connectivity index (χ0v) is 66.6. The molecule has 612 valence electrons. The summed E-state index contributed by atoms with van der Waals surface area (Å²) in [6, 6.07) is 67.7. The van der Waals surface area contributed by atoms with Crippen LogP contribution in [0.2, 0.25) is 20.1 Å². The van der Waals surface area contributed by atoms with Crippen molar-refractivity contribution in [2.45, 2.75) is 35.2 Å². The molecule has 10 heterocycles. The lowest BCUT2D eigenvalue weighted by molar-refractivity contribution is -0.485. The van der Waals surface area contributed by atoms with Crippen LogP contribution >= 0.6 is 46.4 Å². The normalized spacial score (nSPS) is 13.3. The van der Waals surface area contributed by atoms with Crippen molar-refractivity contribution in [3.63, 3.8) is 0 Å². The van der Waals surface area contributed by atoms with Crippen molar-refractivity contribution in [2.24, 2.45) is 0 Å². The van der Waals surface area contributed by atoms with E-state index < -0.39 is 73.6 Å². The van der Waals surface area contributed by atoms with Crippen LogP contribution in [0.1, 0.15) is 45.6 Å². The molecule has 0 atom stereocenters. The second-order valence-electron chi connectivity index (χ2n) is 28.8. The Morgan fingerprint density at radius 2 is 0.528 bits per heavy atom. The third kappa shape index (κ3) is 14.4. The van der Waals surface area contributed by atoms with Crippen LogP contribution in [0.4, 0.5) is 52.7 Å². The average molecular weight is 1760 g/mol. The molecule has 14 aromatic rings. The molecule has 0 saturated carbocycles. The van der Waals surface area contributed by atoms with Gasteiger partial charge in [-0.15, -0.1) is 0 Å². The molecule has 0 unspecified atom stereocenters. The Morgan fingerprint density at radius 3 is 0.821 bits per heavy atom. The fraction of sp³-hybridized carbons (Fsp3) is 0.0638. The zero-order valence-electron chi connectivity index (χ0n) is 62.7. The van der Waals surface area contributed by atoms with Crippen molar-refractivity contribution in [3.8, 4) is 94.8 Å². The molecule has 0 amide bonds. The lowest BCUT2D eigenvalue weighted by atomic mass is 9.90. The Bertz CT molecular complexity index is 7200. The highest BCUT2D eigenvalue weighted by atomic mass is 35.5. The van der Waals surface area contributed by atoms with Gasteiger partial charge >= 0.3 is 45.4 Å². The van der Waals surface area contributed by atoms with E-state index in [0.29, 0.717) is 100 Å². The van der Waals surface area contributed by atoms with E-state index in [2.05, 4.69) is 33.8 Å². The summed E-state index contributed by atoms with van der Waals surface area (Å²) >= 11 is 25.5. The van der Waals surface area contributed by atoms with Crippen molar-refractivity contribution in [2.75, 3.05) is 0 Å². The Labute approximate surface area is 710 Å². The first-order valence-electron chi connectivity index (χ1n) is 37.4. The van der Waals surface area contributed by atoms with Crippen LogP contribution in [-0.2, 0) is 14.9 Å². The standard InChI is InChI=1S/C94H54Cl4F12N8O4S/c95-59-26-16-54(17-27-59)83-71-44-45-72(115-71)84(55-18-28-60(96)29-19-55)76-48-49-78(117-76)87(58-22-32-62(98)33-23-58)88-64(50-79(118-88)86(77-47-46-73(83)116-77)56-20-30-61(97)31-21-56)89(99,100)90(101,102)91(103,104)92(105,106)122-93(107,108)94(109,110)123(119,120)121-63-34-24-57(25-35-63)85-74-42-40-69(113-74)81(52-12-6-2-7-13-52)67-38-36-65(111-67)80(51-10-4-1-5-11-51)66-37-39-68(112-66)82(53-14-8-3-9-15-53)70-41-43-75(85)114-70/h1-50,111,114,116-117H. The third-order valence-corrected chi connectivity index (χ3v) is 23.4. The summed E-state index contributed by atoms with van der Waals surface area (Å²) in [5, 5.41) is -6.48. The van der Waals surface area contributed by atoms with Gasteiger partial charge in [-0.3, -0.25) is 0 Å². The predicted molar refractivity (Wildman–Crippen MR) is 461 cm³/mol. The largest absolute Gasteiger partial charge is 0.471 e. The fourth-order valence-electron chi connectivity index (χ4n) is 15.3. The molecule has 0 aliphatic carbocycles. The number of alkyl halides is 12. The number of fused-ring (bicyclic) bond motifs is 16. The molecule has 0 fully saturated rings. The Balaban J connectivity index is 0.728. The molecule has 16 bridgehead atoms. The molecular formula is C94H54Cl4F12N8O4S. The van der Waals surface area contributed by atoms with E-state index in [4.69, 9.17) is 61.4 Å². The lowest BCUT2D eigenvalue weighted by Crippen LogP contribution is -2.65. The molecule has 29 heteroatoms. The smallest absolute Gasteiger partial charge is 0.378 e. The van der Waals surface area contributed by atoms with E-state index in [1.54, 1.807) is 85.0 Å². The average Bonchev–Trinajstić information content (AvgIpc) is 1.69. The summed E-state index contributed by atoms with van der Waals surface area (Å²) < 4.78 is 238. The van der Waals surface area contributed by atoms with Crippen LogP contribution in [0.25, 0.3) is 181 Å². The first kappa shape index (κ1) is 81.0. The number of aromatic nitrogens is 8. The van der Waals surface area contributed by atoms with Gasteiger partial charge in [0.05, 0.1) is 51.1 Å². The number of H-pyrrole nitrogens is 4. The molecule has 12 nitrogen and oxygen atoms in total. The van der Waals surface area contributed by atoms with E-state index in [9.17, 15) is 8.42 Å². The minimum absolute atomic E-state index is 0.0149. The van der Waals surface area contributed by atoms with Gasteiger partial charge in [0.2, 0.25) is 0 Å². The van der Waals surface area contributed by atoms with Gasteiger partial charge in [-0.2, -0.15) is 61.1 Å². The van der Waals surface area contributed by atoms with Crippen LogP contribution in [0, 0.1) is 0 Å². The summed E-state index contributed by atoms with van der Waals surface area (Å²) in [7, 11) is -7.55. The van der Waals surface area contributed by atoms with Crippen LogP contribution in [0.5, 0.6) is 5.75 Å². The van der Waals surface area contributed by atoms with Crippen molar-refractivity contribution in [1.82, 2.24) is 39.9 Å². The topological polar surface area (TPSA) is 167 Å². The van der Waals surface area contributed by atoms with E-state index >= 15 is 52.7 Å². The molecule has 0 radical (unpaired) electrons. The number of ether oxygens (including phenoxy) is 1. The highest BCUT2D eigenvalue weighted by Gasteiger charge is 2.85. The summed E-state index contributed by atoms with van der Waals surface area (Å²) in [5.74, 6) is -23.9. The number of halogens is 16. The van der Waals surface area contributed by atoms with Gasteiger partial charge in [-0.1, -0.05) is 198 Å². The minimum atomic E-state index is -8.05. The van der Waals surface area contributed by atoms with E-state index in [1.165, 1.54) is 72.8 Å². The number of nitrogens with one attached hydrogen (secondary N) is 4. The number of hydrogen-bond donors (Lipinski definition) is 4. The second kappa shape index (κ2) is 30.8. The maximum absolute atomic E-state index is 18.2. The van der Waals surface area contributed by atoms with Gasteiger partial charge in [0, 0.05) is 109 Å². The number of rotatable bonds is 18. The van der Waals surface area contributed by atoms with E-state index in [-0.39, 0.29) is 77.4 Å². The molecule has 4 N–H and O–H groups in total. The Hall–Kier alpha value is -13.0. The highest BCUT2D eigenvalue weighted by molar-refractivity contribution is 7.88. The number of benzene rings is 8. The zero-order chi connectivity index (χ0) is 85.9. The first-order chi connectivity index (χ1) is 58.8. The quantitative estimate of drug-likeness (QED) is 0.0486. The summed E-state index contributed by atoms with van der Waals surface area (Å²) in [6.07, 6.45) is -4.75. The first-order valence-corrected chi connectivity index (χ1v) is 40.3. The van der Waals surface area contributed by atoms with Crippen molar-refractivity contribution < 1.29 is 70.0 Å². The van der Waals surface area contributed by atoms with Gasteiger partial charge < -0.3 is 24.1 Å². The van der Waals surface area contributed by atoms with Gasteiger partial charge in [0.15, 0.2) is 0 Å². The minimum Gasteiger partial charge on any atom is -0.378 e. The van der Waals surface area contributed by atoms with E-state index in [0.717, 1.165) is 34.4 Å². The van der Waals surface area contributed by atoms with Crippen molar-refractivity contribution in [3.05, 3.63) is 326 Å². The van der Waals surface area contributed by atoms with E-state index in [1.807, 2.05) is 115 Å². The second-order valence-corrected chi connectivity index (χ2v) is 32.1.